The first kappa shape index (κ1) is 9.93. The minimum atomic E-state index is 0.190. The van der Waals surface area contributed by atoms with Crippen LogP contribution in [-0.4, -0.2) is 0 Å². The second-order valence-corrected chi connectivity index (χ2v) is 1.37. The molecule has 4 heteroatoms. The lowest BCUT2D eigenvalue weighted by atomic mass is 10.3. The number of hydrogen-bond donors (Lipinski definition) is 0. The zero-order valence-electron chi connectivity index (χ0n) is 4.87. The molecule has 0 aliphatic carbocycles. The summed E-state index contributed by atoms with van der Waals surface area (Å²) in [6.45, 7) is 3.72. The maximum absolute atomic E-state index is 7.89. The first-order valence-corrected chi connectivity index (χ1v) is 2.07. The Hall–Kier alpha value is -1.20. The third kappa shape index (κ3) is 108. The first-order valence-electron chi connectivity index (χ1n) is 2.07. The lowest BCUT2D eigenvalue weighted by Crippen LogP contribution is -1.72. The molecule has 0 bridgehead atoms. The molecule has 0 rings (SSSR count). The van der Waals surface area contributed by atoms with E-state index in [1.165, 1.54) is 4.91 Å². The molecule has 0 N–H and O–H groups in total. The average Bonchev–Trinajstić information content (AvgIpc) is 1.69. The maximum Gasteiger partial charge on any atom is 0.0649 e. The average molecular weight is 111 g/mol. The molecule has 0 aromatic heterocycles. The molecule has 0 aliphatic heterocycles. The fourth-order valence-electron chi connectivity index (χ4n) is 0. The van der Waals surface area contributed by atoms with Gasteiger partial charge in [0.25, 0.3) is 0 Å². The van der Waals surface area contributed by atoms with Crippen molar-refractivity contribution in [2.45, 2.75) is 13.8 Å². The van der Waals surface area contributed by atoms with Crippen molar-refractivity contribution in [3.05, 3.63) is 16.0 Å². The van der Waals surface area contributed by atoms with Crippen molar-refractivity contribution in [2.24, 2.45) is 5.92 Å². The van der Waals surface area contributed by atoms with Crippen LogP contribution >= 0.6 is 0 Å². The molecule has 0 aromatic carbocycles. The minimum absolute atomic E-state index is 0.190. The van der Waals surface area contributed by atoms with Crippen molar-refractivity contribution >= 4 is 0 Å². The monoisotopic (exact) mass is 111 g/mol. The van der Waals surface area contributed by atoms with Crippen molar-refractivity contribution in [1.29, 1.82) is 5.26 Å². The van der Waals surface area contributed by atoms with Gasteiger partial charge < -0.3 is 11.1 Å². The van der Waals surface area contributed by atoms with Crippen LogP contribution in [0.15, 0.2) is 0 Å². The minimum Gasteiger partial charge on any atom is -0.373 e. The summed E-state index contributed by atoms with van der Waals surface area (Å²) >= 11 is 0. The Bertz CT molecular complexity index is 104. The topological polar surface area (TPSA) is 82.5 Å². The Balaban J connectivity index is 0. The van der Waals surface area contributed by atoms with Crippen LogP contribution in [0.3, 0.4) is 0 Å². The van der Waals surface area contributed by atoms with Crippen LogP contribution in [0, 0.1) is 17.2 Å². The number of nitriles is 1. The van der Waals surface area contributed by atoms with Gasteiger partial charge in [0.05, 0.1) is 6.07 Å². The SMILES string of the molecule is CC(C)C#N.[N-]=[N+]=[N-]. The van der Waals surface area contributed by atoms with Crippen molar-refractivity contribution in [3.63, 3.8) is 0 Å². The molecule has 44 valence electrons. The normalized spacial score (nSPS) is 5.75. The zero-order valence-corrected chi connectivity index (χ0v) is 4.87. The van der Waals surface area contributed by atoms with E-state index in [1.807, 2.05) is 19.9 Å². The fourth-order valence-corrected chi connectivity index (χ4v) is 0. The summed E-state index contributed by atoms with van der Waals surface area (Å²) in [4.78, 5) is 1.50. The van der Waals surface area contributed by atoms with Crippen LogP contribution < -0.4 is 0 Å². The number of rotatable bonds is 0. The number of hydrogen-bond acceptors (Lipinski definition) is 1. The first-order chi connectivity index (χ1) is 3.68. The second-order valence-electron chi connectivity index (χ2n) is 1.37. The van der Waals surface area contributed by atoms with Gasteiger partial charge in [-0.25, -0.2) is 0 Å². The highest BCUT2D eigenvalue weighted by molar-refractivity contribution is 4.72. The van der Waals surface area contributed by atoms with Gasteiger partial charge in [0.2, 0.25) is 0 Å². The van der Waals surface area contributed by atoms with Gasteiger partial charge in [-0.2, -0.15) is 5.26 Å². The van der Waals surface area contributed by atoms with E-state index in [1.54, 1.807) is 0 Å². The molecule has 0 aliphatic rings. The van der Waals surface area contributed by atoms with E-state index < -0.39 is 0 Å². The molecule has 0 heterocycles. The van der Waals surface area contributed by atoms with Crippen LogP contribution in [0.4, 0.5) is 0 Å². The molecule has 0 saturated heterocycles. The molecule has 8 heavy (non-hydrogen) atoms. The van der Waals surface area contributed by atoms with E-state index in [0.717, 1.165) is 0 Å². The van der Waals surface area contributed by atoms with E-state index in [0.29, 0.717) is 0 Å². The third-order valence-electron chi connectivity index (χ3n) is 0.258. The lowest BCUT2D eigenvalue weighted by Gasteiger charge is -1.75. The van der Waals surface area contributed by atoms with Crippen LogP contribution in [-0.2, 0) is 0 Å². The molecular weight excluding hydrogens is 104 g/mol. The molecule has 0 aromatic rings. The maximum atomic E-state index is 7.89. The summed E-state index contributed by atoms with van der Waals surface area (Å²) in [7, 11) is 0. The summed E-state index contributed by atoms with van der Waals surface area (Å²) in [5.74, 6) is 0.190. The Labute approximate surface area is 48.2 Å². The van der Waals surface area contributed by atoms with Crippen LogP contribution in [0.1, 0.15) is 13.8 Å². The Kier molecular flexibility index (Phi) is 11.5. The van der Waals surface area contributed by atoms with Crippen LogP contribution in [0.2, 0.25) is 0 Å². The van der Waals surface area contributed by atoms with Gasteiger partial charge in [-0.3, -0.25) is 4.91 Å². The molecule has 0 unspecified atom stereocenters. The lowest BCUT2D eigenvalue weighted by molar-refractivity contribution is 0.849. The fraction of sp³-hybridized carbons (Fsp3) is 0.750. The highest BCUT2D eigenvalue weighted by Gasteiger charge is 1.78. The van der Waals surface area contributed by atoms with Crippen molar-refractivity contribution < 1.29 is 0 Å². The molecule has 0 spiro atoms. The Morgan fingerprint density at radius 2 is 1.62 bits per heavy atom. The van der Waals surface area contributed by atoms with E-state index >= 15 is 0 Å². The van der Waals surface area contributed by atoms with Crippen molar-refractivity contribution in [2.75, 3.05) is 0 Å². The quantitative estimate of drug-likeness (QED) is 0.267. The van der Waals surface area contributed by atoms with Crippen molar-refractivity contribution in [3.8, 4) is 6.07 Å². The highest BCUT2D eigenvalue weighted by Crippen LogP contribution is 1.81. The third-order valence-corrected chi connectivity index (χ3v) is 0.258. The van der Waals surface area contributed by atoms with Gasteiger partial charge in [0.15, 0.2) is 0 Å². The van der Waals surface area contributed by atoms with Gasteiger partial charge in [-0.1, -0.05) is 0 Å². The van der Waals surface area contributed by atoms with Gasteiger partial charge in [0.1, 0.15) is 0 Å². The summed E-state index contributed by atoms with van der Waals surface area (Å²) in [6.07, 6.45) is 0. The predicted octanol–water partition coefficient (Wildman–Crippen LogP) is 2.03. The Morgan fingerprint density at radius 3 is 1.62 bits per heavy atom. The zero-order chi connectivity index (χ0) is 6.99. The highest BCUT2D eigenvalue weighted by atomic mass is 15.0. The summed E-state index contributed by atoms with van der Waals surface area (Å²) in [6, 6.07) is 2.03. The predicted molar refractivity (Wildman–Crippen MR) is 30.5 cm³/mol. The van der Waals surface area contributed by atoms with Gasteiger partial charge in [0, 0.05) is 5.92 Å². The van der Waals surface area contributed by atoms with Crippen LogP contribution in [0.25, 0.3) is 16.0 Å². The van der Waals surface area contributed by atoms with Crippen molar-refractivity contribution in [1.82, 2.24) is 0 Å². The summed E-state index contributed by atoms with van der Waals surface area (Å²) < 4.78 is 0. The van der Waals surface area contributed by atoms with Gasteiger partial charge in [-0.15, -0.1) is 0 Å². The van der Waals surface area contributed by atoms with Crippen LogP contribution in [0.5, 0.6) is 0 Å². The van der Waals surface area contributed by atoms with E-state index in [-0.39, 0.29) is 5.92 Å². The number of nitrogens with zero attached hydrogens (tertiary/aromatic N) is 4. The van der Waals surface area contributed by atoms with E-state index in [2.05, 4.69) is 0 Å². The molecule has 0 radical (unpaired) electrons. The molecule has 4 nitrogen and oxygen atoms in total. The Morgan fingerprint density at radius 1 is 1.50 bits per heavy atom. The largest absolute Gasteiger partial charge is 0.373 e. The molecule has 0 atom stereocenters. The van der Waals surface area contributed by atoms with Gasteiger partial charge in [-0.05, 0) is 13.8 Å². The molecule has 0 saturated carbocycles. The molecule has 0 amide bonds. The molecule has 0 fully saturated rings. The smallest absolute Gasteiger partial charge is 0.0649 e. The van der Waals surface area contributed by atoms with Gasteiger partial charge >= 0.3 is 0 Å². The molecular formula is C4H7N4-. The summed E-state index contributed by atoms with van der Waals surface area (Å²) in [5.41, 5.74) is 13.5. The summed E-state index contributed by atoms with van der Waals surface area (Å²) in [5, 5.41) is 7.89. The standard InChI is InChI=1S/C4H7N.N3/c1-4(2)3-5;1-3-2/h4H,1-2H3;/q;-1. The van der Waals surface area contributed by atoms with E-state index in [4.69, 9.17) is 16.3 Å². The van der Waals surface area contributed by atoms with E-state index in [9.17, 15) is 0 Å². The second kappa shape index (κ2) is 9.25.